The van der Waals surface area contributed by atoms with E-state index in [1.165, 1.54) is 0 Å². The van der Waals surface area contributed by atoms with Crippen LogP contribution in [0.2, 0.25) is 0 Å². The van der Waals surface area contributed by atoms with Crippen LogP contribution in [0.5, 0.6) is 5.75 Å². The third-order valence-electron chi connectivity index (χ3n) is 3.43. The molecule has 1 aliphatic rings. The third kappa shape index (κ3) is 2.34. The van der Waals surface area contributed by atoms with Crippen LogP contribution in [0.1, 0.15) is 0 Å². The molecule has 2 aromatic rings. The molecule has 106 valence electrons. The minimum absolute atomic E-state index is 0.0668. The molecule has 0 atom stereocenters. The van der Waals surface area contributed by atoms with E-state index in [-0.39, 0.29) is 5.88 Å². The first-order valence-electron chi connectivity index (χ1n) is 6.51. The summed E-state index contributed by atoms with van der Waals surface area (Å²) in [7, 11) is 1.69. The summed E-state index contributed by atoms with van der Waals surface area (Å²) in [6.07, 6.45) is 1.57. The zero-order valence-corrected chi connectivity index (χ0v) is 11.3. The van der Waals surface area contributed by atoms with Crippen molar-refractivity contribution >= 4 is 11.6 Å². The Morgan fingerprint density at radius 2 is 2.00 bits per heavy atom. The van der Waals surface area contributed by atoms with Gasteiger partial charge in [0.15, 0.2) is 0 Å². The number of ether oxygens (including phenoxy) is 1. The highest BCUT2D eigenvalue weighted by atomic mass is 16.5. The Morgan fingerprint density at radius 1 is 1.25 bits per heavy atom. The van der Waals surface area contributed by atoms with Crippen LogP contribution in [0.25, 0.3) is 5.73 Å². The van der Waals surface area contributed by atoms with E-state index in [0.717, 1.165) is 37.6 Å². The number of methoxy groups -OCH3 is 1. The minimum Gasteiger partial charge on any atom is -0.660 e. The first kappa shape index (κ1) is 12.6. The number of nitrogens with zero attached hydrogens (tertiary/aromatic N) is 4. The van der Waals surface area contributed by atoms with Crippen molar-refractivity contribution in [3.8, 4) is 5.75 Å². The largest absolute Gasteiger partial charge is 0.660 e. The van der Waals surface area contributed by atoms with Gasteiger partial charge in [0, 0.05) is 13.1 Å². The van der Waals surface area contributed by atoms with Gasteiger partial charge in [-0.2, -0.15) is 0 Å². The monoisotopic (exact) mass is 275 g/mol. The van der Waals surface area contributed by atoms with Crippen LogP contribution in [0.4, 0.5) is 11.6 Å². The van der Waals surface area contributed by atoms with Crippen LogP contribution in [0, 0.1) is 0 Å². The SMILES string of the molecule is COc1ccccc1N1CCN([n+]2cc([NH-])on2)CC1. The molecule has 0 bridgehead atoms. The lowest BCUT2D eigenvalue weighted by molar-refractivity contribution is -0.758. The molecular weight excluding hydrogens is 258 g/mol. The Balaban J connectivity index is 1.69. The van der Waals surface area contributed by atoms with Gasteiger partial charge in [0.2, 0.25) is 5.27 Å². The number of rotatable bonds is 3. The Hall–Kier alpha value is -2.44. The topological polar surface area (TPSA) is 69.4 Å². The summed E-state index contributed by atoms with van der Waals surface area (Å²) < 4.78 is 10.2. The van der Waals surface area contributed by atoms with Gasteiger partial charge in [0.1, 0.15) is 11.6 Å². The van der Waals surface area contributed by atoms with E-state index >= 15 is 0 Å². The standard InChI is InChI=1S/C13H17N5O2/c1-19-12-5-3-2-4-11(12)16-6-8-17(9-7-16)18-10-13(14)20-15-18/h2-5,10,14H,6-9H2,1H3. The molecule has 1 aromatic carbocycles. The molecular formula is C13H17N5O2. The van der Waals surface area contributed by atoms with Crippen molar-refractivity contribution in [2.45, 2.75) is 0 Å². The molecule has 3 rings (SSSR count). The van der Waals surface area contributed by atoms with E-state index < -0.39 is 0 Å². The molecule has 7 nitrogen and oxygen atoms in total. The molecule has 1 saturated heterocycles. The molecule has 0 aliphatic carbocycles. The van der Waals surface area contributed by atoms with Crippen LogP contribution in [-0.2, 0) is 0 Å². The van der Waals surface area contributed by atoms with E-state index in [1.54, 1.807) is 18.1 Å². The molecule has 0 spiro atoms. The molecule has 0 unspecified atom stereocenters. The Kier molecular flexibility index (Phi) is 3.32. The highest BCUT2D eigenvalue weighted by Gasteiger charge is 2.25. The molecule has 1 fully saturated rings. The quantitative estimate of drug-likeness (QED) is 0.785. The maximum absolute atomic E-state index is 7.36. The molecule has 2 heterocycles. The van der Waals surface area contributed by atoms with E-state index in [9.17, 15) is 0 Å². The van der Waals surface area contributed by atoms with Crippen LogP contribution in [-0.4, -0.2) is 38.6 Å². The molecule has 1 N–H and O–H groups in total. The second-order valence-electron chi connectivity index (χ2n) is 4.60. The van der Waals surface area contributed by atoms with Crippen LogP contribution in [0.3, 0.4) is 0 Å². The summed E-state index contributed by atoms with van der Waals surface area (Å²) in [5, 5.41) is 5.86. The molecule has 1 aliphatic heterocycles. The number of benzene rings is 1. The van der Waals surface area contributed by atoms with Gasteiger partial charge in [-0.3, -0.25) is 0 Å². The summed E-state index contributed by atoms with van der Waals surface area (Å²) in [4.78, 5) is 3.89. The summed E-state index contributed by atoms with van der Waals surface area (Å²) >= 11 is 0. The second-order valence-corrected chi connectivity index (χ2v) is 4.60. The molecule has 0 saturated carbocycles. The molecule has 20 heavy (non-hydrogen) atoms. The number of para-hydroxylation sites is 2. The highest BCUT2D eigenvalue weighted by molar-refractivity contribution is 5.58. The van der Waals surface area contributed by atoms with Gasteiger partial charge in [0.25, 0.3) is 6.20 Å². The van der Waals surface area contributed by atoms with E-state index in [4.69, 9.17) is 15.0 Å². The van der Waals surface area contributed by atoms with Gasteiger partial charge in [-0.1, -0.05) is 12.1 Å². The fourth-order valence-electron chi connectivity index (χ4n) is 2.40. The zero-order valence-electron chi connectivity index (χ0n) is 11.3. The van der Waals surface area contributed by atoms with Crippen molar-refractivity contribution in [1.29, 1.82) is 0 Å². The summed E-state index contributed by atoms with van der Waals surface area (Å²) in [5.74, 6) is 0.959. The Bertz CT molecular complexity index is 578. The zero-order chi connectivity index (χ0) is 13.9. The van der Waals surface area contributed by atoms with Crippen LogP contribution >= 0.6 is 0 Å². The summed E-state index contributed by atoms with van der Waals surface area (Å²) in [6.45, 7) is 3.37. The van der Waals surface area contributed by atoms with E-state index in [0.29, 0.717) is 0 Å². The van der Waals surface area contributed by atoms with Crippen molar-refractivity contribution in [3.63, 3.8) is 0 Å². The first-order chi connectivity index (χ1) is 9.78. The fraction of sp³-hybridized carbons (Fsp3) is 0.385. The first-order valence-corrected chi connectivity index (χ1v) is 6.51. The van der Waals surface area contributed by atoms with Gasteiger partial charge in [-0.25, -0.2) is 0 Å². The normalized spacial score (nSPS) is 15.4. The van der Waals surface area contributed by atoms with Crippen LogP contribution in [0.15, 0.2) is 35.0 Å². The lowest BCUT2D eigenvalue weighted by Gasteiger charge is -2.32. The van der Waals surface area contributed by atoms with Gasteiger partial charge in [-0.05, 0) is 12.1 Å². The van der Waals surface area contributed by atoms with Crippen molar-refractivity contribution in [2.75, 3.05) is 43.2 Å². The Labute approximate surface area is 117 Å². The predicted molar refractivity (Wildman–Crippen MR) is 73.8 cm³/mol. The van der Waals surface area contributed by atoms with Crippen molar-refractivity contribution in [3.05, 3.63) is 36.2 Å². The number of aromatic nitrogens is 2. The molecule has 0 amide bonds. The Morgan fingerprint density at radius 3 is 2.65 bits per heavy atom. The minimum atomic E-state index is 0.0668. The van der Waals surface area contributed by atoms with Gasteiger partial charge >= 0.3 is 0 Å². The van der Waals surface area contributed by atoms with Crippen molar-refractivity contribution in [2.24, 2.45) is 0 Å². The fourth-order valence-corrected chi connectivity index (χ4v) is 2.40. The molecule has 7 heteroatoms. The maximum atomic E-state index is 7.36. The summed E-state index contributed by atoms with van der Waals surface area (Å²) in [6, 6.07) is 8.03. The molecule has 1 aromatic heterocycles. The lowest BCUT2D eigenvalue weighted by atomic mass is 10.2. The highest BCUT2D eigenvalue weighted by Crippen LogP contribution is 2.27. The number of hydrogen-bond acceptors (Lipinski definition) is 5. The second kappa shape index (κ2) is 5.28. The number of nitrogens with one attached hydrogen (secondary N) is 1. The predicted octanol–water partition coefficient (Wildman–Crippen LogP) is 1.11. The average Bonchev–Trinajstić information content (AvgIpc) is 2.94. The maximum Gasteiger partial charge on any atom is 0.256 e. The van der Waals surface area contributed by atoms with Gasteiger partial charge in [-0.15, -0.1) is 5.01 Å². The van der Waals surface area contributed by atoms with Crippen molar-refractivity contribution in [1.82, 2.24) is 5.27 Å². The van der Waals surface area contributed by atoms with Crippen molar-refractivity contribution < 1.29 is 14.1 Å². The average molecular weight is 275 g/mol. The molecule has 0 radical (unpaired) electrons. The number of anilines is 1. The van der Waals surface area contributed by atoms with Crippen LogP contribution < -0.4 is 19.4 Å². The third-order valence-corrected chi connectivity index (χ3v) is 3.43. The van der Waals surface area contributed by atoms with Gasteiger partial charge in [0.05, 0.1) is 30.7 Å². The van der Waals surface area contributed by atoms with E-state index in [2.05, 4.69) is 16.2 Å². The smallest absolute Gasteiger partial charge is 0.256 e. The number of hydrogen-bond donors (Lipinski definition) is 0. The number of piperazine rings is 1. The van der Waals surface area contributed by atoms with E-state index in [1.807, 2.05) is 23.2 Å². The van der Waals surface area contributed by atoms with Gasteiger partial charge < -0.3 is 19.9 Å². The summed E-state index contributed by atoms with van der Waals surface area (Å²) in [5.41, 5.74) is 8.47. The lowest BCUT2D eigenvalue weighted by Crippen LogP contribution is -2.65.